The second-order valence-corrected chi connectivity index (χ2v) is 24.6. The van der Waals surface area contributed by atoms with Crippen molar-refractivity contribution >= 4 is 109 Å². The number of benzene rings is 2. The number of nitrogens with zero attached hydrogens (tertiary/aromatic N) is 1. The molecule has 0 aromatic heterocycles. The van der Waals surface area contributed by atoms with Crippen LogP contribution in [0.1, 0.15) is 111 Å². The Labute approximate surface area is 518 Å². The molecule has 2 aromatic carbocycles. The number of allylic oxidation sites excluding steroid dienone is 3. The van der Waals surface area contributed by atoms with Crippen LogP contribution in [0.2, 0.25) is 5.02 Å². The molecule has 5 rings (SSSR count). The largest absolute Gasteiger partial charge is 0.495 e. The Morgan fingerprint density at radius 2 is 1.73 bits per heavy atom. The van der Waals surface area contributed by atoms with Crippen molar-refractivity contribution in [2.45, 2.75) is 172 Å². The molecule has 9 atom stereocenters. The quantitative estimate of drug-likeness (QED) is 0.0215. The van der Waals surface area contributed by atoms with Crippen LogP contribution in [-0.2, 0) is 54.1 Å². The molecule has 2 fully saturated rings. The number of halogens is 3. The number of hydrogen-bond acceptors (Lipinski definition) is 15. The second-order valence-electron chi connectivity index (χ2n) is 23.1. The first-order valence-electron chi connectivity index (χ1n) is 28.2. The van der Waals surface area contributed by atoms with Gasteiger partial charge < -0.3 is 70.2 Å². The Kier molecular flexibility index (Phi) is 25.2. The van der Waals surface area contributed by atoms with Crippen LogP contribution in [0, 0.1) is 18.8 Å². The number of carbonyl (C=O) groups is 8. The number of primary amides is 1. The molecule has 0 saturated carbocycles. The Morgan fingerprint density at radius 3 is 2.35 bits per heavy atom. The highest BCUT2D eigenvalue weighted by atomic mass is 79.9. The standard InChI is InChI=1S/C59H83Br2ClN8O15/c1-33(2)49(68-46(72)19-12-13-22-56(6,7)85-58(30-60,31-61)32-71)52(75)67-40(17-15-23-64-53(63)76)51(74)66-39-21-20-38(25-35(39)4)65-54(77)83-45-28-47(73)70(9)41-26-37(27-42(80-10)48(41)62)24-34(3)16-14-18-44(81-11)59(79)29-43(82-55(78)69-59)36(5)50-57(45,8)84-50/h14,16,18,20-21,25-27,32-33,36,40,43-45,49-50,79H,12-13,15,17,19,22-24,28-31H2,1-11H3,(H,65,77)(H,66,74)(H,67,75)(H,68,72)(H,69,78)(H3,63,64,76)/b18-14+,34-16+/t36-,40+,43+,44-,45+,49+,50+,57+,59+/m1/s1. The van der Waals surface area contributed by atoms with Crippen LogP contribution in [0.4, 0.5) is 31.4 Å². The van der Waals surface area contributed by atoms with E-state index in [0.717, 1.165) is 17.4 Å². The lowest BCUT2D eigenvalue weighted by molar-refractivity contribution is -0.146. The van der Waals surface area contributed by atoms with E-state index in [2.05, 4.69) is 63.8 Å². The van der Waals surface area contributed by atoms with Gasteiger partial charge in [-0.1, -0.05) is 94.5 Å². The number of rotatable bonds is 24. The number of amides is 8. The predicted octanol–water partition coefficient (Wildman–Crippen LogP) is 7.78. The lowest BCUT2D eigenvalue weighted by Crippen LogP contribution is -2.63. The number of epoxide rings is 1. The number of unbranched alkanes of at least 4 members (excludes halogenated alkanes) is 1. The van der Waals surface area contributed by atoms with Crippen LogP contribution in [0.5, 0.6) is 5.75 Å². The fourth-order valence-electron chi connectivity index (χ4n) is 10.4. The molecule has 0 aliphatic carbocycles. The predicted molar refractivity (Wildman–Crippen MR) is 328 cm³/mol. The van der Waals surface area contributed by atoms with Crippen LogP contribution in [0.15, 0.2) is 54.1 Å². The van der Waals surface area contributed by atoms with Crippen molar-refractivity contribution in [3.8, 4) is 5.75 Å². The summed E-state index contributed by atoms with van der Waals surface area (Å²) in [5.41, 5.74) is 3.38. The lowest BCUT2D eigenvalue weighted by Gasteiger charge is -2.42. The Hall–Kier alpha value is -5.83. The average molecular weight is 1340 g/mol. The smallest absolute Gasteiger partial charge is 0.412 e. The van der Waals surface area contributed by atoms with Crippen LogP contribution < -0.4 is 47.3 Å². The summed E-state index contributed by atoms with van der Waals surface area (Å²) in [5, 5.41) is 28.9. The number of nitrogens with one attached hydrogen (secondary N) is 6. The van der Waals surface area contributed by atoms with Gasteiger partial charge in [0.25, 0.3) is 0 Å². The summed E-state index contributed by atoms with van der Waals surface area (Å²) in [4.78, 5) is 107. The van der Waals surface area contributed by atoms with E-state index in [1.807, 2.05) is 26.8 Å². The number of urea groups is 1. The number of carbonyl (C=O) groups excluding carboxylic acids is 8. The van der Waals surface area contributed by atoms with E-state index < -0.39 is 107 Å². The van der Waals surface area contributed by atoms with E-state index in [-0.39, 0.29) is 54.8 Å². The van der Waals surface area contributed by atoms with Gasteiger partial charge in [0, 0.05) is 61.5 Å². The summed E-state index contributed by atoms with van der Waals surface area (Å²) < 4.78 is 35.6. The first-order valence-corrected chi connectivity index (χ1v) is 30.8. The van der Waals surface area contributed by atoms with Gasteiger partial charge in [-0.15, -0.1) is 0 Å². The number of ether oxygens (including phenoxy) is 6. The number of anilines is 3. The number of nitrogens with two attached hydrogens (primary N) is 1. The molecule has 0 unspecified atom stereocenters. The van der Waals surface area contributed by atoms with E-state index in [0.29, 0.717) is 59.0 Å². The minimum absolute atomic E-state index is 0.0677. The van der Waals surface area contributed by atoms with Gasteiger partial charge in [-0.2, -0.15) is 0 Å². The minimum atomic E-state index is -1.90. The number of fused-ring (bicyclic) bond motifs is 5. The number of alkyl carbamates (subject to hydrolysis) is 1. The molecule has 4 bridgehead atoms. The zero-order chi connectivity index (χ0) is 63.2. The maximum atomic E-state index is 14.4. The fourth-order valence-corrected chi connectivity index (χ4v) is 12.2. The van der Waals surface area contributed by atoms with Gasteiger partial charge in [0.05, 0.1) is 30.9 Å². The molecule has 0 radical (unpaired) electrons. The monoisotopic (exact) mass is 1340 g/mol. The van der Waals surface area contributed by atoms with Crippen molar-refractivity contribution in [3.63, 3.8) is 0 Å². The van der Waals surface area contributed by atoms with Gasteiger partial charge in [-0.25, -0.2) is 14.4 Å². The third kappa shape index (κ3) is 19.1. The number of aldehydes is 1. The van der Waals surface area contributed by atoms with Gasteiger partial charge in [-0.3, -0.25) is 29.8 Å². The lowest BCUT2D eigenvalue weighted by atomic mass is 9.83. The summed E-state index contributed by atoms with van der Waals surface area (Å²) in [7, 11) is 4.41. The molecule has 8 amide bonds. The zero-order valence-electron chi connectivity index (χ0n) is 50.1. The molecule has 3 heterocycles. The summed E-state index contributed by atoms with van der Waals surface area (Å²) in [6.45, 7) is 14.4. The summed E-state index contributed by atoms with van der Waals surface area (Å²) >= 11 is 13.6. The number of hydrogen-bond donors (Lipinski definition) is 8. The molecular weight excluding hydrogens is 1260 g/mol. The van der Waals surface area contributed by atoms with E-state index in [9.17, 15) is 43.5 Å². The van der Waals surface area contributed by atoms with Crippen LogP contribution >= 0.6 is 43.5 Å². The Balaban J connectivity index is 1.32. The van der Waals surface area contributed by atoms with Crippen molar-refractivity contribution in [2.24, 2.45) is 17.6 Å². The molecule has 2 aromatic rings. The van der Waals surface area contributed by atoms with E-state index >= 15 is 0 Å². The number of aliphatic hydroxyl groups is 1. The van der Waals surface area contributed by atoms with Gasteiger partial charge >= 0.3 is 18.2 Å². The first-order chi connectivity index (χ1) is 40.0. The zero-order valence-corrected chi connectivity index (χ0v) is 54.0. The molecule has 470 valence electrons. The molecule has 3 aliphatic rings. The van der Waals surface area contributed by atoms with E-state index in [4.69, 9.17) is 45.8 Å². The van der Waals surface area contributed by atoms with Crippen LogP contribution in [0.25, 0.3) is 0 Å². The second kappa shape index (κ2) is 30.7. The molecule has 26 heteroatoms. The van der Waals surface area contributed by atoms with E-state index in [1.54, 1.807) is 72.0 Å². The molecule has 85 heavy (non-hydrogen) atoms. The maximum Gasteiger partial charge on any atom is 0.412 e. The highest BCUT2D eigenvalue weighted by Crippen LogP contribution is 2.49. The van der Waals surface area contributed by atoms with Gasteiger partial charge in [-0.05, 0) is 114 Å². The normalized spacial score (nSPS) is 24.4. The highest BCUT2D eigenvalue weighted by molar-refractivity contribution is 9.10. The third-order valence-corrected chi connectivity index (χ3v) is 17.7. The molecule has 0 spiro atoms. The first kappa shape index (κ1) is 69.9. The molecular formula is C59H83Br2ClN8O15. The van der Waals surface area contributed by atoms with Crippen LogP contribution in [0.3, 0.4) is 0 Å². The van der Waals surface area contributed by atoms with E-state index in [1.165, 1.54) is 31.3 Å². The van der Waals surface area contributed by atoms with Crippen molar-refractivity contribution in [3.05, 3.63) is 70.3 Å². The molecule has 2 saturated heterocycles. The van der Waals surface area contributed by atoms with Crippen molar-refractivity contribution in [1.82, 2.24) is 21.3 Å². The number of methoxy groups -OCH3 is 2. The van der Waals surface area contributed by atoms with Crippen molar-refractivity contribution in [1.29, 1.82) is 0 Å². The summed E-state index contributed by atoms with van der Waals surface area (Å²) in [6, 6.07) is 5.24. The topological polar surface area (TPSA) is 317 Å². The summed E-state index contributed by atoms with van der Waals surface area (Å²) in [5.74, 6) is -2.75. The third-order valence-electron chi connectivity index (χ3n) is 15.4. The minimum Gasteiger partial charge on any atom is -0.495 e. The Morgan fingerprint density at radius 1 is 1.02 bits per heavy atom. The van der Waals surface area contributed by atoms with Crippen molar-refractivity contribution < 1.29 is 71.9 Å². The molecule has 3 aliphatic heterocycles. The van der Waals surface area contributed by atoms with Crippen LogP contribution in [-0.4, -0.2) is 151 Å². The highest BCUT2D eigenvalue weighted by Gasteiger charge is 2.64. The summed E-state index contributed by atoms with van der Waals surface area (Å²) in [6.07, 6.45) is 2.10. The number of aryl methyl sites for hydroxylation is 1. The van der Waals surface area contributed by atoms with Crippen molar-refractivity contribution in [2.75, 3.05) is 54.0 Å². The molecule has 9 N–H and O–H groups in total. The van der Waals surface area contributed by atoms with Gasteiger partial charge in [0.15, 0.2) is 12.0 Å². The van der Waals surface area contributed by atoms with Gasteiger partial charge in [0.2, 0.25) is 23.6 Å². The number of alkyl halides is 2. The maximum absolute atomic E-state index is 14.4. The molecule has 23 nitrogen and oxygen atoms in total. The Bertz CT molecular complexity index is 2820. The average Bonchev–Trinajstić information content (AvgIpc) is 1.65. The SMILES string of the molecule is COc1cc2cc(c1Cl)N(C)C(=O)C[C@H](OC(=O)Nc1ccc(NC(=O)[C@H](CCCNC(N)=O)NC(=O)[C@@H](NC(=O)CCCCC(C)(C)OC(C=O)(CBr)CBr)C(C)C)c(C)c1)[C@]1(C)O[C@H]1[C@H](C)[C@@H]1C[C@@](O)(NC(=O)O1)[C@H](OC)/C=C/C=C(\C)C2. The van der Waals surface area contributed by atoms with Gasteiger partial charge in [0.1, 0.15) is 52.4 Å². The fraction of sp³-hybridized carbons (Fsp3) is 0.593.